The molecule has 2 N–H and O–H groups in total. The Morgan fingerprint density at radius 3 is 2.41 bits per heavy atom. The lowest BCUT2D eigenvalue weighted by molar-refractivity contribution is 0.0173. The van der Waals surface area contributed by atoms with Crippen molar-refractivity contribution in [2.24, 2.45) is 16.6 Å². The maximum Gasteiger partial charge on any atom is 0.220 e. The predicted octanol–water partition coefficient (Wildman–Crippen LogP) is 3.69. The molecular weight excluding hydrogens is 270 g/mol. The zero-order chi connectivity index (χ0) is 16.2. The van der Waals surface area contributed by atoms with Crippen LogP contribution in [0.15, 0.2) is 24.3 Å². The number of rotatable bonds is 4. The normalized spacial score (nSPS) is 18.9. The zero-order valence-electron chi connectivity index (χ0n) is 14.2. The van der Waals surface area contributed by atoms with Gasteiger partial charge >= 0.3 is 0 Å². The molecule has 0 saturated carbocycles. The molecule has 1 aromatic carbocycles. The van der Waals surface area contributed by atoms with Crippen LogP contribution >= 0.6 is 0 Å². The number of hydrogen-bond acceptors (Lipinski definition) is 2. The summed E-state index contributed by atoms with van der Waals surface area (Å²) >= 11 is 0. The Labute approximate surface area is 135 Å². The Hall–Kier alpha value is -1.37. The van der Waals surface area contributed by atoms with E-state index in [1.54, 1.807) is 0 Å². The van der Waals surface area contributed by atoms with Gasteiger partial charge in [0.25, 0.3) is 0 Å². The summed E-state index contributed by atoms with van der Waals surface area (Å²) in [7, 11) is 0. The average molecular weight is 299 g/mol. The van der Waals surface area contributed by atoms with Gasteiger partial charge in [0.15, 0.2) is 0 Å². The molecule has 0 unspecified atom stereocenters. The van der Waals surface area contributed by atoms with Crippen LogP contribution in [-0.2, 0) is 13.1 Å². The highest BCUT2D eigenvalue weighted by Gasteiger charge is 2.46. The summed E-state index contributed by atoms with van der Waals surface area (Å²) in [5.41, 5.74) is 8.64. The number of piperidine rings is 1. The minimum Gasteiger partial charge on any atom is -0.326 e. The van der Waals surface area contributed by atoms with E-state index in [1.165, 1.54) is 11.1 Å². The SMILES string of the molecule is [C-]#[N+]CC1(C(C)(C)C)CCN(Cc2cccc(CN)c2)CC1. The lowest BCUT2D eigenvalue weighted by Gasteiger charge is -2.46. The van der Waals surface area contributed by atoms with E-state index in [2.05, 4.69) is 54.8 Å². The maximum atomic E-state index is 7.32. The second-order valence-electron chi connectivity index (χ2n) is 7.65. The fourth-order valence-electron chi connectivity index (χ4n) is 3.55. The molecule has 0 radical (unpaired) electrons. The lowest BCUT2D eigenvalue weighted by atomic mass is 9.61. The minimum atomic E-state index is 0.171. The van der Waals surface area contributed by atoms with Crippen molar-refractivity contribution >= 4 is 0 Å². The van der Waals surface area contributed by atoms with Gasteiger partial charge in [-0.1, -0.05) is 45.0 Å². The van der Waals surface area contributed by atoms with Crippen LogP contribution in [0, 0.1) is 17.4 Å². The van der Waals surface area contributed by atoms with E-state index >= 15 is 0 Å². The first kappa shape index (κ1) is 17.0. The Morgan fingerprint density at radius 2 is 1.86 bits per heavy atom. The highest BCUT2D eigenvalue weighted by Crippen LogP contribution is 2.47. The van der Waals surface area contributed by atoms with Crippen molar-refractivity contribution in [3.8, 4) is 0 Å². The molecule has 22 heavy (non-hydrogen) atoms. The molecule has 120 valence electrons. The van der Waals surface area contributed by atoms with Gasteiger partial charge in [0.1, 0.15) is 0 Å². The van der Waals surface area contributed by atoms with Gasteiger partial charge in [-0.15, -0.1) is 0 Å². The molecule has 1 aromatic rings. The molecule has 3 heteroatoms. The van der Waals surface area contributed by atoms with Crippen molar-refractivity contribution in [1.82, 2.24) is 4.90 Å². The minimum absolute atomic E-state index is 0.171. The van der Waals surface area contributed by atoms with Gasteiger partial charge in [-0.05, 0) is 42.5 Å². The second-order valence-corrected chi connectivity index (χ2v) is 7.65. The zero-order valence-corrected chi connectivity index (χ0v) is 14.2. The van der Waals surface area contributed by atoms with Crippen molar-refractivity contribution in [2.45, 2.75) is 46.7 Å². The highest BCUT2D eigenvalue weighted by atomic mass is 15.1. The molecule has 0 aromatic heterocycles. The fourth-order valence-corrected chi connectivity index (χ4v) is 3.55. The van der Waals surface area contributed by atoms with Crippen LogP contribution < -0.4 is 5.73 Å². The van der Waals surface area contributed by atoms with Gasteiger partial charge in [-0.25, -0.2) is 6.57 Å². The van der Waals surface area contributed by atoms with E-state index in [9.17, 15) is 0 Å². The maximum absolute atomic E-state index is 7.32. The molecule has 0 amide bonds. The molecule has 1 aliphatic rings. The number of nitrogens with zero attached hydrogens (tertiary/aromatic N) is 2. The third-order valence-corrected chi connectivity index (χ3v) is 5.42. The fraction of sp³-hybridized carbons (Fsp3) is 0.632. The number of nitrogens with two attached hydrogens (primary N) is 1. The standard InChI is InChI=1S/C19H29N3/c1-18(2,3)19(15-21-4)8-10-22(11-9-19)14-17-7-5-6-16(12-17)13-20/h5-7,12H,8-11,13-15,20H2,1-3H3. The molecule has 1 aliphatic heterocycles. The Balaban J connectivity index is 2.00. The van der Waals surface area contributed by atoms with Crippen molar-refractivity contribution in [3.05, 3.63) is 46.8 Å². The van der Waals surface area contributed by atoms with Gasteiger partial charge < -0.3 is 10.6 Å². The Bertz CT molecular complexity index is 528. The molecule has 1 saturated heterocycles. The van der Waals surface area contributed by atoms with Crippen LogP contribution in [0.2, 0.25) is 0 Å². The highest BCUT2D eigenvalue weighted by molar-refractivity contribution is 5.23. The van der Waals surface area contributed by atoms with Crippen molar-refractivity contribution in [1.29, 1.82) is 0 Å². The van der Waals surface area contributed by atoms with Crippen LogP contribution in [0.1, 0.15) is 44.7 Å². The third-order valence-electron chi connectivity index (χ3n) is 5.42. The molecule has 1 heterocycles. The van der Waals surface area contributed by atoms with E-state index in [-0.39, 0.29) is 10.8 Å². The summed E-state index contributed by atoms with van der Waals surface area (Å²) < 4.78 is 0. The summed E-state index contributed by atoms with van der Waals surface area (Å²) in [5.74, 6) is 0. The number of benzene rings is 1. The lowest BCUT2D eigenvalue weighted by Crippen LogP contribution is -2.47. The molecule has 1 fully saturated rings. The van der Waals surface area contributed by atoms with Crippen molar-refractivity contribution in [3.63, 3.8) is 0 Å². The van der Waals surface area contributed by atoms with E-state index < -0.39 is 0 Å². The summed E-state index contributed by atoms with van der Waals surface area (Å²) in [6, 6.07) is 8.58. The monoisotopic (exact) mass is 299 g/mol. The van der Waals surface area contributed by atoms with Gasteiger partial charge in [-0.2, -0.15) is 0 Å². The van der Waals surface area contributed by atoms with Gasteiger partial charge in [0.2, 0.25) is 6.54 Å². The summed E-state index contributed by atoms with van der Waals surface area (Å²) in [5, 5.41) is 0. The molecule has 0 bridgehead atoms. The first-order valence-corrected chi connectivity index (χ1v) is 8.24. The summed E-state index contributed by atoms with van der Waals surface area (Å²) in [6.07, 6.45) is 2.24. The van der Waals surface area contributed by atoms with E-state index in [4.69, 9.17) is 12.3 Å². The van der Waals surface area contributed by atoms with E-state index in [0.717, 1.165) is 32.5 Å². The van der Waals surface area contributed by atoms with Crippen LogP contribution in [0.5, 0.6) is 0 Å². The summed E-state index contributed by atoms with van der Waals surface area (Å²) in [6.45, 7) is 18.6. The van der Waals surface area contributed by atoms with Gasteiger partial charge in [-0.3, -0.25) is 4.90 Å². The molecular formula is C19H29N3. The van der Waals surface area contributed by atoms with Gasteiger partial charge in [0, 0.05) is 18.5 Å². The molecule has 0 aliphatic carbocycles. The number of likely N-dealkylation sites (tertiary alicyclic amines) is 1. The van der Waals surface area contributed by atoms with Crippen molar-refractivity contribution in [2.75, 3.05) is 19.6 Å². The van der Waals surface area contributed by atoms with Crippen LogP contribution in [-0.4, -0.2) is 24.5 Å². The molecule has 3 nitrogen and oxygen atoms in total. The quantitative estimate of drug-likeness (QED) is 0.860. The van der Waals surface area contributed by atoms with Crippen LogP contribution in [0.3, 0.4) is 0 Å². The number of hydrogen-bond donors (Lipinski definition) is 1. The second kappa shape index (κ2) is 6.81. The first-order chi connectivity index (χ1) is 10.4. The largest absolute Gasteiger partial charge is 0.326 e. The molecule has 0 atom stereocenters. The summed E-state index contributed by atoms with van der Waals surface area (Å²) in [4.78, 5) is 6.26. The van der Waals surface area contributed by atoms with Crippen molar-refractivity contribution < 1.29 is 0 Å². The third kappa shape index (κ3) is 3.69. The van der Waals surface area contributed by atoms with Gasteiger partial charge in [0.05, 0.1) is 0 Å². The Kier molecular flexibility index (Phi) is 5.26. The predicted molar refractivity (Wildman–Crippen MR) is 92.2 cm³/mol. The van der Waals surface area contributed by atoms with Crippen LogP contribution in [0.4, 0.5) is 0 Å². The molecule has 0 spiro atoms. The topological polar surface area (TPSA) is 33.6 Å². The van der Waals surface area contributed by atoms with Crippen LogP contribution in [0.25, 0.3) is 4.85 Å². The smallest absolute Gasteiger partial charge is 0.220 e. The van der Waals surface area contributed by atoms with E-state index in [1.807, 2.05) is 0 Å². The molecule has 2 rings (SSSR count). The Morgan fingerprint density at radius 1 is 1.23 bits per heavy atom. The first-order valence-electron chi connectivity index (χ1n) is 8.24. The van der Waals surface area contributed by atoms with E-state index in [0.29, 0.717) is 13.1 Å². The average Bonchev–Trinajstić information content (AvgIpc) is 2.49.